The Bertz CT molecular complexity index is 1060. The molecule has 0 saturated heterocycles. The van der Waals surface area contributed by atoms with Crippen molar-refractivity contribution in [1.29, 1.82) is 0 Å². The van der Waals surface area contributed by atoms with Crippen molar-refractivity contribution in [3.63, 3.8) is 0 Å². The molecule has 0 saturated carbocycles. The fraction of sp³-hybridized carbons (Fsp3) is 0.150. The van der Waals surface area contributed by atoms with Gasteiger partial charge in [0.25, 0.3) is 0 Å². The number of aromatic nitrogens is 3. The highest BCUT2D eigenvalue weighted by Crippen LogP contribution is 2.23. The molecular formula is C20H18N4OS. The molecule has 1 N–H and O–H groups in total. The molecule has 0 fully saturated rings. The standard InChI is InChI=1S/C20H18N4OS/c1-14(15-7-3-2-4-8-15)21-19(25)13-26-20-23-22-18-12-11-16-9-5-6-10-17(16)24(18)20/h2-12,14H,13H2,1H3,(H,21,25)/t14-/m1/s1. The quantitative estimate of drug-likeness (QED) is 0.548. The minimum atomic E-state index is -0.0275. The van der Waals surface area contributed by atoms with Crippen molar-refractivity contribution in [2.45, 2.75) is 18.1 Å². The molecule has 4 aromatic rings. The first-order chi connectivity index (χ1) is 12.7. The second kappa shape index (κ2) is 7.17. The third-order valence-corrected chi connectivity index (χ3v) is 5.19. The van der Waals surface area contributed by atoms with Gasteiger partial charge in [-0.3, -0.25) is 9.20 Å². The molecule has 0 aliphatic carbocycles. The highest BCUT2D eigenvalue weighted by atomic mass is 32.2. The van der Waals surface area contributed by atoms with Crippen molar-refractivity contribution in [3.05, 3.63) is 72.3 Å². The second-order valence-corrected chi connectivity index (χ2v) is 7.00. The smallest absolute Gasteiger partial charge is 0.230 e. The van der Waals surface area contributed by atoms with E-state index in [1.165, 1.54) is 11.8 Å². The summed E-state index contributed by atoms with van der Waals surface area (Å²) in [6.45, 7) is 1.98. The Morgan fingerprint density at radius 2 is 1.81 bits per heavy atom. The third kappa shape index (κ3) is 3.28. The number of para-hydroxylation sites is 1. The van der Waals surface area contributed by atoms with Crippen molar-refractivity contribution in [2.75, 3.05) is 5.75 Å². The Morgan fingerprint density at radius 1 is 1.04 bits per heavy atom. The van der Waals surface area contributed by atoms with Crippen LogP contribution in [0, 0.1) is 0 Å². The Kier molecular flexibility index (Phi) is 4.58. The molecule has 130 valence electrons. The average Bonchev–Trinajstić information content (AvgIpc) is 3.10. The van der Waals surface area contributed by atoms with Crippen LogP contribution in [-0.4, -0.2) is 26.3 Å². The molecule has 1 atom stereocenters. The first-order valence-corrected chi connectivity index (χ1v) is 9.41. The number of rotatable bonds is 5. The van der Waals surface area contributed by atoms with Crippen LogP contribution < -0.4 is 5.32 Å². The van der Waals surface area contributed by atoms with Gasteiger partial charge >= 0.3 is 0 Å². The van der Waals surface area contributed by atoms with Gasteiger partial charge in [0.2, 0.25) is 5.91 Å². The van der Waals surface area contributed by atoms with Gasteiger partial charge in [-0.15, -0.1) is 10.2 Å². The number of hydrogen-bond acceptors (Lipinski definition) is 4. The topological polar surface area (TPSA) is 59.3 Å². The molecule has 0 bridgehead atoms. The molecule has 0 spiro atoms. The van der Waals surface area contributed by atoms with Gasteiger partial charge in [0.05, 0.1) is 17.3 Å². The summed E-state index contributed by atoms with van der Waals surface area (Å²) in [6, 6.07) is 22.0. The summed E-state index contributed by atoms with van der Waals surface area (Å²) in [7, 11) is 0. The summed E-state index contributed by atoms with van der Waals surface area (Å²) >= 11 is 1.39. The number of carbonyl (C=O) groups is 1. The van der Waals surface area contributed by atoms with Gasteiger partial charge in [-0.2, -0.15) is 0 Å². The molecular weight excluding hydrogens is 344 g/mol. The molecule has 5 nitrogen and oxygen atoms in total. The van der Waals surface area contributed by atoms with Crippen molar-refractivity contribution in [1.82, 2.24) is 19.9 Å². The highest BCUT2D eigenvalue weighted by Gasteiger charge is 2.13. The zero-order valence-corrected chi connectivity index (χ0v) is 15.1. The second-order valence-electron chi connectivity index (χ2n) is 6.06. The normalized spacial score (nSPS) is 12.3. The predicted octanol–water partition coefficient (Wildman–Crippen LogP) is 3.85. The van der Waals surface area contributed by atoms with Crippen LogP contribution in [-0.2, 0) is 4.79 Å². The number of hydrogen-bond donors (Lipinski definition) is 1. The van der Waals surface area contributed by atoms with E-state index in [0.717, 1.165) is 27.3 Å². The lowest BCUT2D eigenvalue weighted by molar-refractivity contribution is -0.119. The van der Waals surface area contributed by atoms with Crippen LogP contribution in [0.2, 0.25) is 0 Å². The van der Waals surface area contributed by atoms with E-state index in [0.29, 0.717) is 5.75 Å². The van der Waals surface area contributed by atoms with Crippen molar-refractivity contribution >= 4 is 34.2 Å². The number of nitrogens with one attached hydrogen (secondary N) is 1. The Labute approximate surface area is 155 Å². The largest absolute Gasteiger partial charge is 0.349 e. The summed E-state index contributed by atoms with van der Waals surface area (Å²) in [5.74, 6) is 0.268. The van der Waals surface area contributed by atoms with E-state index in [4.69, 9.17) is 0 Å². The van der Waals surface area contributed by atoms with Gasteiger partial charge in [0.1, 0.15) is 0 Å². The maximum absolute atomic E-state index is 12.3. The summed E-state index contributed by atoms with van der Waals surface area (Å²) in [6.07, 6.45) is 0. The van der Waals surface area contributed by atoms with Gasteiger partial charge in [-0.1, -0.05) is 60.3 Å². The van der Waals surface area contributed by atoms with Crippen molar-refractivity contribution < 1.29 is 4.79 Å². The van der Waals surface area contributed by atoms with Crippen LogP contribution in [0.25, 0.3) is 16.6 Å². The molecule has 4 rings (SSSR count). The lowest BCUT2D eigenvalue weighted by Gasteiger charge is -2.13. The minimum Gasteiger partial charge on any atom is -0.349 e. The molecule has 0 aliphatic heterocycles. The fourth-order valence-electron chi connectivity index (χ4n) is 2.94. The number of carbonyl (C=O) groups excluding carboxylic acids is 1. The zero-order valence-electron chi connectivity index (χ0n) is 14.3. The Balaban J connectivity index is 1.49. The van der Waals surface area contributed by atoms with E-state index >= 15 is 0 Å². The number of pyridine rings is 1. The van der Waals surface area contributed by atoms with Gasteiger partial charge in [-0.25, -0.2) is 0 Å². The number of fused-ring (bicyclic) bond motifs is 3. The molecule has 2 aromatic carbocycles. The average molecular weight is 362 g/mol. The van der Waals surface area contributed by atoms with Gasteiger partial charge in [-0.05, 0) is 36.1 Å². The summed E-state index contributed by atoms with van der Waals surface area (Å²) in [5.41, 5.74) is 2.91. The van der Waals surface area contributed by atoms with E-state index in [9.17, 15) is 4.79 Å². The van der Waals surface area contributed by atoms with Crippen LogP contribution >= 0.6 is 11.8 Å². The summed E-state index contributed by atoms with van der Waals surface area (Å²) in [5, 5.41) is 13.3. The maximum atomic E-state index is 12.3. The van der Waals surface area contributed by atoms with E-state index in [-0.39, 0.29) is 11.9 Å². The van der Waals surface area contributed by atoms with E-state index in [2.05, 4.69) is 21.6 Å². The van der Waals surface area contributed by atoms with Crippen LogP contribution in [0.5, 0.6) is 0 Å². The van der Waals surface area contributed by atoms with Crippen molar-refractivity contribution in [2.24, 2.45) is 0 Å². The first-order valence-electron chi connectivity index (χ1n) is 8.42. The van der Waals surface area contributed by atoms with Crippen LogP contribution in [0.4, 0.5) is 0 Å². The van der Waals surface area contributed by atoms with Gasteiger partial charge < -0.3 is 5.32 Å². The molecule has 1 amide bonds. The molecule has 2 aromatic heterocycles. The maximum Gasteiger partial charge on any atom is 0.230 e. The zero-order chi connectivity index (χ0) is 17.9. The van der Waals surface area contributed by atoms with Gasteiger partial charge in [0.15, 0.2) is 10.8 Å². The Hall–Kier alpha value is -2.86. The predicted molar refractivity (Wildman–Crippen MR) is 104 cm³/mol. The molecule has 2 heterocycles. The number of nitrogens with zero attached hydrogens (tertiary/aromatic N) is 3. The minimum absolute atomic E-state index is 0.0247. The molecule has 26 heavy (non-hydrogen) atoms. The van der Waals surface area contributed by atoms with Crippen LogP contribution in [0.15, 0.2) is 71.9 Å². The lowest BCUT2D eigenvalue weighted by atomic mass is 10.1. The SMILES string of the molecule is C[C@@H](NC(=O)CSc1nnc2ccc3ccccc3n12)c1ccccc1. The van der Waals surface area contributed by atoms with Gasteiger partial charge in [0, 0.05) is 0 Å². The fourth-order valence-corrected chi connectivity index (χ4v) is 3.71. The van der Waals surface area contributed by atoms with Crippen molar-refractivity contribution in [3.8, 4) is 0 Å². The van der Waals surface area contributed by atoms with E-state index in [1.54, 1.807) is 0 Å². The lowest BCUT2D eigenvalue weighted by Crippen LogP contribution is -2.28. The number of benzene rings is 2. The van der Waals surface area contributed by atoms with E-state index < -0.39 is 0 Å². The molecule has 0 unspecified atom stereocenters. The van der Waals surface area contributed by atoms with E-state index in [1.807, 2.05) is 72.0 Å². The summed E-state index contributed by atoms with van der Waals surface area (Å²) in [4.78, 5) is 12.3. The number of thioether (sulfide) groups is 1. The van der Waals surface area contributed by atoms with Crippen LogP contribution in [0.1, 0.15) is 18.5 Å². The Morgan fingerprint density at radius 3 is 2.65 bits per heavy atom. The first kappa shape index (κ1) is 16.6. The molecule has 6 heteroatoms. The molecule has 0 aliphatic rings. The summed E-state index contributed by atoms with van der Waals surface area (Å²) < 4.78 is 1.99. The highest BCUT2D eigenvalue weighted by molar-refractivity contribution is 7.99. The molecule has 0 radical (unpaired) electrons. The number of amides is 1. The monoisotopic (exact) mass is 362 g/mol. The third-order valence-electron chi connectivity index (χ3n) is 4.26. The van der Waals surface area contributed by atoms with Crippen LogP contribution in [0.3, 0.4) is 0 Å².